The number of rotatable bonds is 6. The van der Waals surface area contributed by atoms with Crippen molar-refractivity contribution >= 4 is 0 Å². The molecule has 0 aromatic rings. The van der Waals surface area contributed by atoms with Gasteiger partial charge in [-0.15, -0.1) is 0 Å². The van der Waals surface area contributed by atoms with Gasteiger partial charge in [-0.05, 0) is 24.7 Å². The summed E-state index contributed by atoms with van der Waals surface area (Å²) in [6, 6.07) is 0. The Balaban J connectivity index is 2.13. The standard InChI is InChI=1S/C20H38O5/c1-9-15-17(21-7)11(3)14(6)20(24-15)25-18-12(4)13(5)19(22-8)23-16(18)10-2/h11-20H,9-10H2,1-8H3/t11-,12-,13?,14?,15?,16?,17+,18+,19-,20+/m1/s1. The van der Waals surface area contributed by atoms with Gasteiger partial charge in [-0.3, -0.25) is 0 Å². The van der Waals surface area contributed by atoms with E-state index < -0.39 is 0 Å². The molecule has 2 saturated heterocycles. The fourth-order valence-corrected chi connectivity index (χ4v) is 4.33. The second-order valence-corrected chi connectivity index (χ2v) is 7.88. The zero-order valence-electron chi connectivity index (χ0n) is 17.2. The first-order valence-electron chi connectivity index (χ1n) is 9.91. The average molecular weight is 359 g/mol. The van der Waals surface area contributed by atoms with Crippen molar-refractivity contribution in [2.45, 2.75) is 91.4 Å². The summed E-state index contributed by atoms with van der Waals surface area (Å²) in [6.45, 7) is 13.1. The third-order valence-corrected chi connectivity index (χ3v) is 6.50. The van der Waals surface area contributed by atoms with Crippen molar-refractivity contribution in [3.8, 4) is 0 Å². The van der Waals surface area contributed by atoms with E-state index in [4.69, 9.17) is 23.7 Å². The lowest BCUT2D eigenvalue weighted by Crippen LogP contribution is -2.56. The molecule has 0 spiro atoms. The van der Waals surface area contributed by atoms with Crippen LogP contribution >= 0.6 is 0 Å². The predicted molar refractivity (Wildman–Crippen MR) is 97.2 cm³/mol. The normalized spacial score (nSPS) is 48.5. The first-order valence-corrected chi connectivity index (χ1v) is 9.91. The zero-order valence-corrected chi connectivity index (χ0v) is 17.2. The maximum atomic E-state index is 6.56. The maximum Gasteiger partial charge on any atom is 0.161 e. The quantitative estimate of drug-likeness (QED) is 0.722. The molecule has 5 nitrogen and oxygen atoms in total. The Labute approximate surface area is 153 Å². The molecule has 4 unspecified atom stereocenters. The fraction of sp³-hybridized carbons (Fsp3) is 1.00. The van der Waals surface area contributed by atoms with Crippen LogP contribution in [0.15, 0.2) is 0 Å². The molecule has 25 heavy (non-hydrogen) atoms. The highest BCUT2D eigenvalue weighted by molar-refractivity contribution is 4.89. The smallest absolute Gasteiger partial charge is 0.161 e. The first-order chi connectivity index (χ1) is 11.9. The molecule has 0 aromatic heterocycles. The van der Waals surface area contributed by atoms with Crippen LogP contribution in [-0.2, 0) is 23.7 Å². The Kier molecular flexibility index (Phi) is 7.71. The van der Waals surface area contributed by atoms with Gasteiger partial charge in [0.05, 0.1) is 24.4 Å². The molecule has 2 fully saturated rings. The summed E-state index contributed by atoms with van der Waals surface area (Å²) in [4.78, 5) is 0. The minimum absolute atomic E-state index is 0.0163. The summed E-state index contributed by atoms with van der Waals surface area (Å²) in [7, 11) is 3.49. The van der Waals surface area contributed by atoms with Gasteiger partial charge in [0.1, 0.15) is 0 Å². The van der Waals surface area contributed by atoms with Gasteiger partial charge >= 0.3 is 0 Å². The molecule has 148 valence electrons. The van der Waals surface area contributed by atoms with Crippen molar-refractivity contribution in [1.82, 2.24) is 0 Å². The van der Waals surface area contributed by atoms with E-state index in [9.17, 15) is 0 Å². The lowest BCUT2D eigenvalue weighted by atomic mass is 9.82. The number of hydrogen-bond donors (Lipinski definition) is 0. The largest absolute Gasteiger partial charge is 0.378 e. The van der Waals surface area contributed by atoms with E-state index >= 15 is 0 Å². The Morgan fingerprint density at radius 3 is 1.64 bits per heavy atom. The summed E-state index contributed by atoms with van der Waals surface area (Å²) in [5, 5.41) is 0. The van der Waals surface area contributed by atoms with E-state index in [0.717, 1.165) is 12.8 Å². The maximum absolute atomic E-state index is 6.56. The third kappa shape index (κ3) is 4.22. The van der Waals surface area contributed by atoms with E-state index in [2.05, 4.69) is 41.5 Å². The molecule has 0 radical (unpaired) electrons. The molecule has 5 heteroatoms. The third-order valence-electron chi connectivity index (χ3n) is 6.50. The molecule has 0 bridgehead atoms. The van der Waals surface area contributed by atoms with Crippen LogP contribution in [0.4, 0.5) is 0 Å². The number of hydrogen-bond acceptors (Lipinski definition) is 5. The van der Waals surface area contributed by atoms with Crippen molar-refractivity contribution < 1.29 is 23.7 Å². The second kappa shape index (κ2) is 9.14. The van der Waals surface area contributed by atoms with E-state index in [1.807, 2.05) is 0 Å². The van der Waals surface area contributed by atoms with E-state index in [1.165, 1.54) is 0 Å². The highest BCUT2D eigenvalue weighted by Gasteiger charge is 2.47. The van der Waals surface area contributed by atoms with Gasteiger partial charge < -0.3 is 23.7 Å². The van der Waals surface area contributed by atoms with Gasteiger partial charge in [0.2, 0.25) is 0 Å². The van der Waals surface area contributed by atoms with Crippen molar-refractivity contribution in [2.75, 3.05) is 14.2 Å². The summed E-state index contributed by atoms with van der Waals surface area (Å²) >= 11 is 0. The molecule has 0 amide bonds. The number of ether oxygens (including phenoxy) is 5. The molecule has 0 aromatic carbocycles. The Bertz CT molecular complexity index is 400. The van der Waals surface area contributed by atoms with Crippen LogP contribution in [0.5, 0.6) is 0 Å². The van der Waals surface area contributed by atoms with Crippen LogP contribution in [0.3, 0.4) is 0 Å². The summed E-state index contributed by atoms with van der Waals surface area (Å²) < 4.78 is 30.3. The molecule has 0 N–H and O–H groups in total. The monoisotopic (exact) mass is 358 g/mol. The molecule has 2 aliphatic heterocycles. The molecule has 2 rings (SSSR count). The van der Waals surface area contributed by atoms with Crippen LogP contribution in [0.2, 0.25) is 0 Å². The van der Waals surface area contributed by atoms with E-state index in [0.29, 0.717) is 11.8 Å². The summed E-state index contributed by atoms with van der Waals surface area (Å²) in [5.74, 6) is 1.28. The van der Waals surface area contributed by atoms with Gasteiger partial charge in [-0.1, -0.05) is 41.5 Å². The molecule has 0 aliphatic carbocycles. The molecule has 10 atom stereocenters. The molecule has 2 aliphatic rings. The van der Waals surface area contributed by atoms with Crippen LogP contribution in [0, 0.1) is 23.7 Å². The Morgan fingerprint density at radius 1 is 0.640 bits per heavy atom. The van der Waals surface area contributed by atoms with Crippen LogP contribution < -0.4 is 0 Å². The van der Waals surface area contributed by atoms with Crippen molar-refractivity contribution in [3.63, 3.8) is 0 Å². The van der Waals surface area contributed by atoms with Gasteiger partial charge in [-0.2, -0.15) is 0 Å². The van der Waals surface area contributed by atoms with Crippen LogP contribution in [-0.4, -0.2) is 51.2 Å². The average Bonchev–Trinajstić information content (AvgIpc) is 2.62. The Morgan fingerprint density at radius 2 is 1.12 bits per heavy atom. The van der Waals surface area contributed by atoms with Gasteiger partial charge in [0.15, 0.2) is 12.6 Å². The first kappa shape index (κ1) is 21.1. The van der Waals surface area contributed by atoms with Gasteiger partial charge in [0.25, 0.3) is 0 Å². The topological polar surface area (TPSA) is 46.2 Å². The Hall–Kier alpha value is -0.200. The molecule has 2 heterocycles. The van der Waals surface area contributed by atoms with Crippen molar-refractivity contribution in [3.05, 3.63) is 0 Å². The molecule has 0 saturated carbocycles. The highest BCUT2D eigenvalue weighted by Crippen LogP contribution is 2.39. The van der Waals surface area contributed by atoms with Crippen LogP contribution in [0.25, 0.3) is 0 Å². The van der Waals surface area contributed by atoms with Gasteiger partial charge in [-0.25, -0.2) is 0 Å². The second-order valence-electron chi connectivity index (χ2n) is 7.88. The van der Waals surface area contributed by atoms with Gasteiger partial charge in [0, 0.05) is 26.1 Å². The van der Waals surface area contributed by atoms with Crippen LogP contribution in [0.1, 0.15) is 54.4 Å². The number of methoxy groups -OCH3 is 2. The van der Waals surface area contributed by atoms with E-state index in [1.54, 1.807) is 14.2 Å². The summed E-state index contributed by atoms with van der Waals surface area (Å²) in [5.41, 5.74) is 0. The zero-order chi connectivity index (χ0) is 18.7. The lowest BCUT2D eigenvalue weighted by Gasteiger charge is -2.49. The van der Waals surface area contributed by atoms with E-state index in [-0.39, 0.29) is 48.8 Å². The minimum Gasteiger partial charge on any atom is -0.378 e. The summed E-state index contributed by atoms with van der Waals surface area (Å²) in [6.07, 6.45) is 1.68. The molecular formula is C20H38O5. The molecular weight excluding hydrogens is 320 g/mol. The predicted octanol–water partition coefficient (Wildman–Crippen LogP) is 3.85. The highest BCUT2D eigenvalue weighted by atomic mass is 16.7. The van der Waals surface area contributed by atoms with Crippen molar-refractivity contribution in [2.24, 2.45) is 23.7 Å². The van der Waals surface area contributed by atoms with Crippen molar-refractivity contribution in [1.29, 1.82) is 0 Å². The lowest BCUT2D eigenvalue weighted by molar-refractivity contribution is -0.326. The SMILES string of the molecule is CCC1O[C@@H](O[C@@H]2C(CC)O[C@@H](OC)C(C)[C@H]2C)C(C)[C@@H](C)[C@@H]1OC. The minimum atomic E-state index is -0.220. The fourth-order valence-electron chi connectivity index (χ4n) is 4.33.